The number of hydrogen-bond acceptors (Lipinski definition) is 3. The quantitative estimate of drug-likeness (QED) is 0.868. The lowest BCUT2D eigenvalue weighted by molar-refractivity contribution is -0.117. The summed E-state index contributed by atoms with van der Waals surface area (Å²) in [5.41, 5.74) is 0.926. The summed E-state index contributed by atoms with van der Waals surface area (Å²) in [5, 5.41) is 7.96. The van der Waals surface area contributed by atoms with E-state index < -0.39 is 0 Å². The van der Waals surface area contributed by atoms with Gasteiger partial charge in [-0.1, -0.05) is 25.7 Å². The first-order chi connectivity index (χ1) is 9.81. The molecule has 0 unspecified atom stereocenters. The third-order valence-electron chi connectivity index (χ3n) is 4.68. The molecule has 2 aliphatic rings. The summed E-state index contributed by atoms with van der Waals surface area (Å²) in [5.74, 6) is 0.258. The molecule has 0 aromatic carbocycles. The predicted molar refractivity (Wildman–Crippen MR) is 78.7 cm³/mol. The van der Waals surface area contributed by atoms with Crippen molar-refractivity contribution < 1.29 is 4.79 Å². The van der Waals surface area contributed by atoms with Crippen molar-refractivity contribution >= 4 is 5.78 Å². The topological polar surface area (TPSA) is 46.9 Å². The standard InChI is InChI=1S/C16H25N3O/c20-16(12-17-13-5-1-2-6-13)11-14-9-10-19(18-14)15-7-3-4-8-15/h9-10,13,15,17H,1-8,11-12H2. The molecule has 110 valence electrons. The predicted octanol–water partition coefficient (Wildman–Crippen LogP) is 2.64. The van der Waals surface area contributed by atoms with Crippen molar-refractivity contribution in [3.05, 3.63) is 18.0 Å². The molecule has 3 rings (SSSR count). The van der Waals surface area contributed by atoms with E-state index in [9.17, 15) is 4.79 Å². The summed E-state index contributed by atoms with van der Waals surface area (Å²) >= 11 is 0. The highest BCUT2D eigenvalue weighted by atomic mass is 16.1. The van der Waals surface area contributed by atoms with Crippen LogP contribution in [0.2, 0.25) is 0 Å². The number of Topliss-reactive ketones (excluding diaryl/α,β-unsaturated/α-hetero) is 1. The molecule has 1 N–H and O–H groups in total. The summed E-state index contributed by atoms with van der Waals surface area (Å²) in [6.07, 6.45) is 12.7. The maximum absolute atomic E-state index is 12.0. The van der Waals surface area contributed by atoms with Gasteiger partial charge in [0, 0.05) is 12.2 Å². The molecule has 20 heavy (non-hydrogen) atoms. The van der Waals surface area contributed by atoms with E-state index in [-0.39, 0.29) is 5.78 Å². The zero-order valence-corrected chi connectivity index (χ0v) is 12.2. The molecule has 2 aliphatic carbocycles. The van der Waals surface area contributed by atoms with Crippen LogP contribution in [0.1, 0.15) is 63.1 Å². The molecule has 1 aromatic rings. The lowest BCUT2D eigenvalue weighted by Crippen LogP contribution is -2.32. The molecule has 1 aromatic heterocycles. The van der Waals surface area contributed by atoms with Crippen molar-refractivity contribution in [2.75, 3.05) is 6.54 Å². The van der Waals surface area contributed by atoms with Crippen LogP contribution in [0, 0.1) is 0 Å². The third-order valence-corrected chi connectivity index (χ3v) is 4.68. The van der Waals surface area contributed by atoms with Gasteiger partial charge in [0.15, 0.2) is 5.78 Å². The van der Waals surface area contributed by atoms with Crippen LogP contribution in [0.15, 0.2) is 12.3 Å². The Bertz CT molecular complexity index is 442. The first-order valence-electron chi connectivity index (χ1n) is 8.10. The molecule has 0 aliphatic heterocycles. The van der Waals surface area contributed by atoms with Gasteiger partial charge in [0.1, 0.15) is 0 Å². The molecule has 0 bridgehead atoms. The number of nitrogens with zero attached hydrogens (tertiary/aromatic N) is 2. The average molecular weight is 275 g/mol. The van der Waals surface area contributed by atoms with E-state index >= 15 is 0 Å². The van der Waals surface area contributed by atoms with Gasteiger partial charge in [-0.2, -0.15) is 5.10 Å². The van der Waals surface area contributed by atoms with E-state index in [0.717, 1.165) is 5.69 Å². The molecule has 2 saturated carbocycles. The van der Waals surface area contributed by atoms with Crippen LogP contribution < -0.4 is 5.32 Å². The molecule has 0 spiro atoms. The van der Waals surface area contributed by atoms with Gasteiger partial charge in [-0.05, 0) is 31.7 Å². The van der Waals surface area contributed by atoms with Crippen molar-refractivity contribution in [1.82, 2.24) is 15.1 Å². The van der Waals surface area contributed by atoms with Gasteiger partial charge in [0.25, 0.3) is 0 Å². The largest absolute Gasteiger partial charge is 0.307 e. The summed E-state index contributed by atoms with van der Waals surface area (Å²) < 4.78 is 2.07. The number of carbonyl (C=O) groups excluding carboxylic acids is 1. The highest BCUT2D eigenvalue weighted by Gasteiger charge is 2.19. The van der Waals surface area contributed by atoms with Crippen LogP contribution in [-0.2, 0) is 11.2 Å². The molecule has 4 heteroatoms. The third kappa shape index (κ3) is 3.48. The minimum Gasteiger partial charge on any atom is -0.307 e. The maximum Gasteiger partial charge on any atom is 0.152 e. The average Bonchev–Trinajstić information content (AvgIpc) is 3.18. The first kappa shape index (κ1) is 13.8. The summed E-state index contributed by atoms with van der Waals surface area (Å²) in [6.45, 7) is 0.501. The van der Waals surface area contributed by atoms with E-state index in [4.69, 9.17) is 0 Å². The fourth-order valence-electron chi connectivity index (χ4n) is 3.50. The monoisotopic (exact) mass is 275 g/mol. The highest BCUT2D eigenvalue weighted by Crippen LogP contribution is 2.28. The Labute approximate surface area is 120 Å². The Morgan fingerprint density at radius 1 is 1.20 bits per heavy atom. The second-order valence-corrected chi connectivity index (χ2v) is 6.30. The van der Waals surface area contributed by atoms with Gasteiger partial charge in [-0.15, -0.1) is 0 Å². The number of carbonyl (C=O) groups is 1. The van der Waals surface area contributed by atoms with Crippen LogP contribution in [0.3, 0.4) is 0 Å². The SMILES string of the molecule is O=C(CNC1CCCC1)Cc1ccn(C2CCCC2)n1. The summed E-state index contributed by atoms with van der Waals surface area (Å²) in [4.78, 5) is 12.0. The van der Waals surface area contributed by atoms with Crippen molar-refractivity contribution in [3.63, 3.8) is 0 Å². The molecular weight excluding hydrogens is 250 g/mol. The number of ketones is 1. The zero-order valence-electron chi connectivity index (χ0n) is 12.2. The number of rotatable bonds is 6. The fourth-order valence-corrected chi connectivity index (χ4v) is 3.50. The first-order valence-corrected chi connectivity index (χ1v) is 8.10. The second kappa shape index (κ2) is 6.53. The van der Waals surface area contributed by atoms with Crippen LogP contribution in [0.4, 0.5) is 0 Å². The highest BCUT2D eigenvalue weighted by molar-refractivity contribution is 5.82. The van der Waals surface area contributed by atoms with Gasteiger partial charge in [-0.25, -0.2) is 0 Å². The van der Waals surface area contributed by atoms with Crippen LogP contribution in [-0.4, -0.2) is 28.2 Å². The Morgan fingerprint density at radius 3 is 2.65 bits per heavy atom. The number of nitrogens with one attached hydrogen (secondary N) is 1. The van der Waals surface area contributed by atoms with Crippen LogP contribution in [0.25, 0.3) is 0 Å². The fraction of sp³-hybridized carbons (Fsp3) is 0.750. The lowest BCUT2D eigenvalue weighted by atomic mass is 10.2. The molecular formula is C16H25N3O. The van der Waals surface area contributed by atoms with E-state index in [2.05, 4.69) is 15.1 Å². The molecule has 0 saturated heterocycles. The second-order valence-electron chi connectivity index (χ2n) is 6.30. The Hall–Kier alpha value is -1.16. The Morgan fingerprint density at radius 2 is 1.90 bits per heavy atom. The van der Waals surface area contributed by atoms with E-state index in [0.29, 0.717) is 25.0 Å². The van der Waals surface area contributed by atoms with Gasteiger partial charge >= 0.3 is 0 Å². The van der Waals surface area contributed by atoms with Crippen molar-refractivity contribution in [2.24, 2.45) is 0 Å². The molecule has 0 radical (unpaired) electrons. The lowest BCUT2D eigenvalue weighted by Gasteiger charge is -2.10. The number of hydrogen-bond donors (Lipinski definition) is 1. The molecule has 0 atom stereocenters. The zero-order chi connectivity index (χ0) is 13.8. The maximum atomic E-state index is 12.0. The van der Waals surface area contributed by atoms with Gasteiger partial charge in [0.05, 0.1) is 24.7 Å². The van der Waals surface area contributed by atoms with E-state index in [1.807, 2.05) is 12.3 Å². The van der Waals surface area contributed by atoms with Crippen molar-refractivity contribution in [2.45, 2.75) is 69.9 Å². The van der Waals surface area contributed by atoms with E-state index in [1.165, 1.54) is 51.4 Å². The smallest absolute Gasteiger partial charge is 0.152 e. The van der Waals surface area contributed by atoms with Gasteiger partial charge in [0.2, 0.25) is 0 Å². The molecule has 2 fully saturated rings. The molecule has 4 nitrogen and oxygen atoms in total. The molecule has 0 amide bonds. The summed E-state index contributed by atoms with van der Waals surface area (Å²) in [7, 11) is 0. The van der Waals surface area contributed by atoms with Crippen molar-refractivity contribution in [3.8, 4) is 0 Å². The minimum absolute atomic E-state index is 0.258. The Balaban J connectivity index is 1.45. The van der Waals surface area contributed by atoms with Gasteiger partial charge < -0.3 is 5.32 Å². The van der Waals surface area contributed by atoms with Gasteiger partial charge in [-0.3, -0.25) is 9.48 Å². The van der Waals surface area contributed by atoms with E-state index in [1.54, 1.807) is 0 Å². The minimum atomic E-state index is 0.258. The van der Waals surface area contributed by atoms with Crippen LogP contribution in [0.5, 0.6) is 0 Å². The summed E-state index contributed by atoms with van der Waals surface area (Å²) in [6, 6.07) is 3.14. The number of aromatic nitrogens is 2. The van der Waals surface area contributed by atoms with Crippen molar-refractivity contribution in [1.29, 1.82) is 0 Å². The van der Waals surface area contributed by atoms with Crippen LogP contribution >= 0.6 is 0 Å². The molecule has 1 heterocycles. The Kier molecular flexibility index (Phi) is 4.51. The normalized spacial score (nSPS) is 20.8.